The molecular weight excluding hydrogens is 436 g/mol. The average Bonchev–Trinajstić information content (AvgIpc) is 2.86. The zero-order chi connectivity index (χ0) is 24.6. The van der Waals surface area contributed by atoms with E-state index in [0.717, 1.165) is 16.7 Å². The Morgan fingerprint density at radius 1 is 0.429 bits per heavy atom. The second kappa shape index (κ2) is 7.28. The van der Waals surface area contributed by atoms with Gasteiger partial charge in [0.05, 0.1) is 0 Å². The Bertz CT molecular complexity index is 1690. The van der Waals surface area contributed by atoms with Crippen LogP contribution in [0.25, 0.3) is 11.1 Å². The van der Waals surface area contributed by atoms with Crippen molar-refractivity contribution in [2.24, 2.45) is 0 Å². The van der Waals surface area contributed by atoms with E-state index in [4.69, 9.17) is 0 Å². The molecule has 35 heavy (non-hydrogen) atoms. The normalized spacial score (nSPS) is 13.8. The van der Waals surface area contributed by atoms with Crippen molar-refractivity contribution >= 4 is 23.1 Å². The van der Waals surface area contributed by atoms with Crippen molar-refractivity contribution < 1.29 is 19.2 Å². The summed E-state index contributed by atoms with van der Waals surface area (Å²) in [6.45, 7) is 5.61. The second-order valence-corrected chi connectivity index (χ2v) is 9.27. The van der Waals surface area contributed by atoms with Crippen LogP contribution in [0.4, 0.5) is 0 Å². The first-order chi connectivity index (χ1) is 16.8. The Hall–Kier alpha value is -4.44. The molecule has 4 aromatic carbocycles. The monoisotopic (exact) mass is 456 g/mol. The number of carbonyl (C=O) groups is 4. The molecule has 4 aromatic rings. The van der Waals surface area contributed by atoms with Crippen molar-refractivity contribution in [3.05, 3.63) is 128 Å². The van der Waals surface area contributed by atoms with Crippen molar-refractivity contribution in [1.82, 2.24) is 0 Å². The van der Waals surface area contributed by atoms with Gasteiger partial charge in [0.15, 0.2) is 23.1 Å². The summed E-state index contributed by atoms with van der Waals surface area (Å²) in [6, 6.07) is 19.2. The SMILES string of the molecule is Cc1ccc2c(c1C)C(=O)c1ccc(-c3cc(C)c4c(c3)C(=O)c3ccccc3C4=O)cc1C2=O. The number of carbonyl (C=O) groups excluding carboxylic acids is 4. The standard InChI is InChI=1S/C31H20O4/c1-15-8-10-23-27(17(15)3)31(35)22-11-9-18(13-24(22)29(23)33)19-12-16(2)26-25(14-19)28(32)20-6-4-5-7-21(20)30(26)34/h4-14H,1-3H3. The summed E-state index contributed by atoms with van der Waals surface area (Å²) in [7, 11) is 0. The highest BCUT2D eigenvalue weighted by atomic mass is 16.1. The minimum atomic E-state index is -0.191. The van der Waals surface area contributed by atoms with Crippen LogP contribution in [-0.4, -0.2) is 23.1 Å². The lowest BCUT2D eigenvalue weighted by Gasteiger charge is -2.22. The van der Waals surface area contributed by atoms with Gasteiger partial charge in [-0.1, -0.05) is 48.5 Å². The number of aryl methyl sites for hydroxylation is 2. The number of benzene rings is 4. The summed E-state index contributed by atoms with van der Waals surface area (Å²) < 4.78 is 0. The zero-order valence-corrected chi connectivity index (χ0v) is 19.5. The van der Waals surface area contributed by atoms with E-state index in [-0.39, 0.29) is 23.1 Å². The molecule has 0 amide bonds. The van der Waals surface area contributed by atoms with Gasteiger partial charge in [0.1, 0.15) is 0 Å². The van der Waals surface area contributed by atoms with Crippen LogP contribution in [0.1, 0.15) is 80.4 Å². The highest BCUT2D eigenvalue weighted by molar-refractivity contribution is 6.30. The average molecular weight is 456 g/mol. The van der Waals surface area contributed by atoms with Crippen LogP contribution >= 0.6 is 0 Å². The highest BCUT2D eigenvalue weighted by Crippen LogP contribution is 2.36. The predicted octanol–water partition coefficient (Wildman–Crippen LogP) is 5.83. The molecule has 0 atom stereocenters. The molecule has 0 heterocycles. The minimum Gasteiger partial charge on any atom is -0.289 e. The van der Waals surface area contributed by atoms with E-state index in [1.807, 2.05) is 32.9 Å². The van der Waals surface area contributed by atoms with Gasteiger partial charge in [0.25, 0.3) is 0 Å². The summed E-state index contributed by atoms with van der Waals surface area (Å²) >= 11 is 0. The Labute approximate surface area is 202 Å². The van der Waals surface area contributed by atoms with Gasteiger partial charge in [0, 0.05) is 44.5 Å². The summed E-state index contributed by atoms with van der Waals surface area (Å²) in [5, 5.41) is 0. The van der Waals surface area contributed by atoms with Crippen LogP contribution in [0.3, 0.4) is 0 Å². The maximum Gasteiger partial charge on any atom is 0.194 e. The van der Waals surface area contributed by atoms with E-state index in [1.54, 1.807) is 54.6 Å². The smallest absolute Gasteiger partial charge is 0.194 e. The van der Waals surface area contributed by atoms with Crippen LogP contribution in [-0.2, 0) is 0 Å². The van der Waals surface area contributed by atoms with E-state index in [0.29, 0.717) is 55.6 Å². The van der Waals surface area contributed by atoms with Crippen LogP contribution in [0.5, 0.6) is 0 Å². The van der Waals surface area contributed by atoms with E-state index >= 15 is 0 Å². The lowest BCUT2D eigenvalue weighted by Crippen LogP contribution is -2.23. The molecule has 2 aliphatic rings. The van der Waals surface area contributed by atoms with Gasteiger partial charge in [-0.2, -0.15) is 0 Å². The molecular formula is C31H20O4. The van der Waals surface area contributed by atoms with Gasteiger partial charge >= 0.3 is 0 Å². The van der Waals surface area contributed by atoms with Crippen molar-refractivity contribution in [3.63, 3.8) is 0 Å². The van der Waals surface area contributed by atoms with E-state index < -0.39 is 0 Å². The summed E-state index contributed by atoms with van der Waals surface area (Å²) in [5.74, 6) is -0.687. The van der Waals surface area contributed by atoms with Crippen LogP contribution in [0, 0.1) is 20.8 Å². The third-order valence-corrected chi connectivity index (χ3v) is 7.27. The largest absolute Gasteiger partial charge is 0.289 e. The molecule has 6 rings (SSSR count). The zero-order valence-electron chi connectivity index (χ0n) is 19.5. The molecule has 0 bridgehead atoms. The van der Waals surface area contributed by atoms with E-state index in [2.05, 4.69) is 0 Å². The van der Waals surface area contributed by atoms with Crippen molar-refractivity contribution in [2.45, 2.75) is 20.8 Å². The Morgan fingerprint density at radius 3 is 1.74 bits per heavy atom. The molecule has 0 saturated carbocycles. The fourth-order valence-electron chi connectivity index (χ4n) is 5.28. The Balaban J connectivity index is 1.50. The molecule has 168 valence electrons. The lowest BCUT2D eigenvalue weighted by molar-refractivity contribution is 0.0978. The molecule has 4 heteroatoms. The number of hydrogen-bond donors (Lipinski definition) is 0. The minimum absolute atomic E-state index is 0.152. The summed E-state index contributed by atoms with van der Waals surface area (Å²) in [6.07, 6.45) is 0. The molecule has 0 aliphatic heterocycles. The number of rotatable bonds is 1. The Morgan fingerprint density at radius 2 is 1.00 bits per heavy atom. The fraction of sp³-hybridized carbons (Fsp3) is 0.0968. The Kier molecular flexibility index (Phi) is 4.39. The van der Waals surface area contributed by atoms with Gasteiger partial charge in [-0.05, 0) is 66.8 Å². The van der Waals surface area contributed by atoms with E-state index in [9.17, 15) is 19.2 Å². The number of ketones is 4. The number of hydrogen-bond acceptors (Lipinski definition) is 4. The molecule has 0 fully saturated rings. The molecule has 0 spiro atoms. The predicted molar refractivity (Wildman–Crippen MR) is 133 cm³/mol. The first kappa shape index (κ1) is 21.1. The third-order valence-electron chi connectivity index (χ3n) is 7.27. The van der Waals surface area contributed by atoms with Gasteiger partial charge in [-0.15, -0.1) is 0 Å². The van der Waals surface area contributed by atoms with Crippen molar-refractivity contribution in [3.8, 4) is 11.1 Å². The van der Waals surface area contributed by atoms with Crippen LogP contribution in [0.15, 0.2) is 66.7 Å². The van der Waals surface area contributed by atoms with Crippen LogP contribution in [0.2, 0.25) is 0 Å². The molecule has 0 N–H and O–H groups in total. The van der Waals surface area contributed by atoms with E-state index in [1.165, 1.54) is 0 Å². The van der Waals surface area contributed by atoms with Crippen LogP contribution < -0.4 is 0 Å². The molecule has 2 aliphatic carbocycles. The molecule has 4 nitrogen and oxygen atoms in total. The van der Waals surface area contributed by atoms with Gasteiger partial charge < -0.3 is 0 Å². The maximum atomic E-state index is 13.4. The number of fused-ring (bicyclic) bond motifs is 4. The highest BCUT2D eigenvalue weighted by Gasteiger charge is 2.33. The lowest BCUT2D eigenvalue weighted by atomic mass is 9.78. The molecule has 0 saturated heterocycles. The fourth-order valence-corrected chi connectivity index (χ4v) is 5.28. The quantitative estimate of drug-likeness (QED) is 0.312. The van der Waals surface area contributed by atoms with Crippen molar-refractivity contribution in [2.75, 3.05) is 0 Å². The van der Waals surface area contributed by atoms with Gasteiger partial charge in [-0.25, -0.2) is 0 Å². The topological polar surface area (TPSA) is 68.3 Å². The van der Waals surface area contributed by atoms with Gasteiger partial charge in [-0.3, -0.25) is 19.2 Å². The first-order valence-electron chi connectivity index (χ1n) is 11.4. The third kappa shape index (κ3) is 2.86. The van der Waals surface area contributed by atoms with Crippen molar-refractivity contribution in [1.29, 1.82) is 0 Å². The second-order valence-electron chi connectivity index (χ2n) is 9.27. The maximum absolute atomic E-state index is 13.4. The molecule has 0 radical (unpaired) electrons. The van der Waals surface area contributed by atoms with Gasteiger partial charge in [0.2, 0.25) is 0 Å². The first-order valence-corrected chi connectivity index (χ1v) is 11.4. The summed E-state index contributed by atoms with van der Waals surface area (Å²) in [5.41, 5.74) is 7.14. The molecule has 0 unspecified atom stereocenters. The summed E-state index contributed by atoms with van der Waals surface area (Å²) in [4.78, 5) is 53.1. The molecule has 0 aromatic heterocycles.